The summed E-state index contributed by atoms with van der Waals surface area (Å²) in [4.78, 5) is 26.6. The van der Waals surface area contributed by atoms with Crippen molar-refractivity contribution in [2.24, 2.45) is 0 Å². The predicted octanol–water partition coefficient (Wildman–Crippen LogP) is 5.50. The maximum atomic E-state index is 12.4. The van der Waals surface area contributed by atoms with Gasteiger partial charge in [-0.05, 0) is 92.0 Å². The van der Waals surface area contributed by atoms with Crippen molar-refractivity contribution in [2.45, 2.75) is 67.7 Å². The minimum Gasteiger partial charge on any atom is -0.872 e. The molecule has 0 atom stereocenters. The Bertz CT molecular complexity index is 3210. The molecule has 14 nitrogen and oxygen atoms in total. The molecule has 0 heterocycles. The van der Waals surface area contributed by atoms with Crippen molar-refractivity contribution in [2.75, 3.05) is 80.8 Å². The standard InChI is InChI=1S/2C24H20B.2C15H26N2O3.2C3H6O.2Co.2H2O/c2*1-5-13-21(14-6-1)25(22-15-7-2-8-16-22,23-17-9-3-10-18-23)24-19-11-4-12-20-24;2*1-12-8-13(10-16(2)4-6-18)15(20)14(9-12)11-17(3)5-7-19;2*1-3(2)4;;;;/h2*1-20H;2*8-9,18-20H,4-7,10-11H2,1-3H3;2*1-2H3;;;2*1H2/q2*-1;;;;;2*+2;;/p-2. The van der Waals surface area contributed by atoms with Crippen LogP contribution in [-0.2, 0) is 69.3 Å². The van der Waals surface area contributed by atoms with Gasteiger partial charge in [-0.3, -0.25) is 19.6 Å². The summed E-state index contributed by atoms with van der Waals surface area (Å²) in [5.74, 6) is 0.454. The van der Waals surface area contributed by atoms with Crippen LogP contribution in [0, 0.1) is 13.8 Å². The number of Topliss-reactive ketones (excluding diaryl/α,β-unsaturated/α-hetero) is 2. The van der Waals surface area contributed by atoms with Gasteiger partial charge in [0.1, 0.15) is 23.9 Å². The topological polar surface area (TPSA) is 237 Å². The molecule has 10 rings (SSSR count). The normalized spacial score (nSPS) is 10.5. The first-order valence-electron chi connectivity index (χ1n) is 33.7. The number of benzene rings is 10. The van der Waals surface area contributed by atoms with E-state index in [2.05, 4.69) is 243 Å². The van der Waals surface area contributed by atoms with Crippen LogP contribution in [-0.4, -0.2) is 156 Å². The number of aryl methyl sites for hydroxylation is 2. The van der Waals surface area contributed by atoms with Gasteiger partial charge in [0.15, 0.2) is 0 Å². The van der Waals surface area contributed by atoms with Gasteiger partial charge in [0, 0.05) is 52.4 Å². The molecule has 0 aromatic heterocycles. The maximum absolute atomic E-state index is 12.4. The maximum Gasteiger partial charge on any atom is 2.00 e. The molecule has 2 radical (unpaired) electrons. The molecule has 0 saturated carbocycles. The van der Waals surface area contributed by atoms with E-state index in [4.69, 9.17) is 20.4 Å². The number of ketones is 2. The molecule has 0 unspecified atom stereocenters. The molecule has 0 spiro atoms. The largest absolute Gasteiger partial charge is 2.00 e. The van der Waals surface area contributed by atoms with Gasteiger partial charge in [0.25, 0.3) is 0 Å². The van der Waals surface area contributed by atoms with Crippen molar-refractivity contribution >= 4 is 67.6 Å². The first kappa shape index (κ1) is 91.9. The van der Waals surface area contributed by atoms with Gasteiger partial charge in [-0.15, -0.1) is 0 Å². The second-order valence-electron chi connectivity index (χ2n) is 25.5. The quantitative estimate of drug-likeness (QED) is 0.0550. The first-order valence-corrected chi connectivity index (χ1v) is 33.7. The Hall–Kier alpha value is -8.12. The zero-order chi connectivity index (χ0) is 71.3. The average molecular weight is 1470 g/mol. The number of nitrogens with zero attached hydrogens (tertiary/aromatic N) is 4. The number of aliphatic hydroxyl groups excluding tert-OH is 4. The molecule has 0 aliphatic carbocycles. The summed E-state index contributed by atoms with van der Waals surface area (Å²) in [6.07, 6.45) is -2.43. The zero-order valence-corrected chi connectivity index (χ0v) is 63.0. The molecule has 0 aliphatic rings. The minimum atomic E-state index is -1.22. The number of carbonyl (C=O) groups is 2. The van der Waals surface area contributed by atoms with Crippen molar-refractivity contribution in [3.8, 4) is 11.5 Å². The Morgan fingerprint density at radius 2 is 0.431 bits per heavy atom. The summed E-state index contributed by atoms with van der Waals surface area (Å²) in [6.45, 7) is 14.8. The van der Waals surface area contributed by atoms with Crippen LogP contribution in [0.15, 0.2) is 267 Å². The number of carbonyl (C=O) groups excluding carboxylic acids is 2. The third kappa shape index (κ3) is 28.3. The Morgan fingerprint density at radius 1 is 0.304 bits per heavy atom. The van der Waals surface area contributed by atoms with E-state index in [-0.39, 0.29) is 94.0 Å². The summed E-state index contributed by atoms with van der Waals surface area (Å²) < 4.78 is 0. The zero-order valence-electron chi connectivity index (χ0n) is 60.9. The molecule has 18 heteroatoms. The molecule has 10 aromatic carbocycles. The van der Waals surface area contributed by atoms with Crippen LogP contribution in [0.5, 0.6) is 11.5 Å². The molecule has 102 heavy (non-hydrogen) atoms. The molecule has 0 amide bonds. The Balaban J connectivity index is 0.000000651. The fourth-order valence-electron chi connectivity index (χ4n) is 12.7. The fraction of sp³-hybridized carbons (Fsp3) is 0.262. The van der Waals surface area contributed by atoms with Crippen LogP contribution in [0.25, 0.3) is 0 Å². The predicted molar refractivity (Wildman–Crippen MR) is 415 cm³/mol. The third-order valence-corrected chi connectivity index (χ3v) is 16.9. The van der Waals surface area contributed by atoms with E-state index in [1.54, 1.807) is 0 Å². The second-order valence-corrected chi connectivity index (χ2v) is 25.5. The monoisotopic (exact) mass is 1470 g/mol. The molecule has 546 valence electrons. The fourth-order valence-corrected chi connectivity index (χ4v) is 12.7. The van der Waals surface area contributed by atoms with Crippen LogP contribution in [0.4, 0.5) is 0 Å². The van der Waals surface area contributed by atoms with Gasteiger partial charge < -0.3 is 51.2 Å². The van der Waals surface area contributed by atoms with Crippen molar-refractivity contribution in [3.05, 3.63) is 300 Å². The molecule has 8 N–H and O–H groups in total. The van der Waals surface area contributed by atoms with Crippen LogP contribution >= 0.6 is 0 Å². The van der Waals surface area contributed by atoms with Crippen LogP contribution in [0.3, 0.4) is 0 Å². The van der Waals surface area contributed by atoms with Crippen molar-refractivity contribution in [1.29, 1.82) is 0 Å². The van der Waals surface area contributed by atoms with Crippen molar-refractivity contribution < 1.29 is 84.7 Å². The van der Waals surface area contributed by atoms with E-state index in [0.717, 1.165) is 33.4 Å². The van der Waals surface area contributed by atoms with Gasteiger partial charge in [-0.25, -0.2) is 0 Å². The van der Waals surface area contributed by atoms with Gasteiger partial charge >= 0.3 is 33.6 Å². The smallest absolute Gasteiger partial charge is 0.872 e. The second kappa shape index (κ2) is 49.5. The average Bonchev–Trinajstić information content (AvgIpc) is 0.746. The summed E-state index contributed by atoms with van der Waals surface area (Å²) in [5.41, 5.74) is 15.9. The van der Waals surface area contributed by atoms with Crippen molar-refractivity contribution in [1.82, 2.24) is 19.6 Å². The molecule has 0 fully saturated rings. The SMILES string of the molecule is CC(C)=O.CC(C)=O.Cc1cc(CN(C)CCO)c([O-])c(CN(C)CCO)c1.Cc1cc(CN(C)CCO)c([O-])c(CN(C)CCO)c1.O.O.[Co+2].[Co+2].c1ccc([B-](c2ccccc2)(c2ccccc2)c2ccccc2)cc1.c1ccc([B-](c2ccccc2)(c2ccccc2)c2ccccc2)cc1. The van der Waals surface area contributed by atoms with Gasteiger partial charge in [0.2, 0.25) is 0 Å². The Labute approximate surface area is 628 Å². The van der Waals surface area contributed by atoms with Crippen LogP contribution in [0.1, 0.15) is 61.1 Å². The van der Waals surface area contributed by atoms with E-state index >= 15 is 0 Å². The van der Waals surface area contributed by atoms with Gasteiger partial charge in [0.05, 0.1) is 26.4 Å². The summed E-state index contributed by atoms with van der Waals surface area (Å²) in [6, 6.07) is 94.7. The van der Waals surface area contributed by atoms with E-state index < -0.39 is 12.3 Å². The summed E-state index contributed by atoms with van der Waals surface area (Å²) in [7, 11) is 7.54. The van der Waals surface area contributed by atoms with Gasteiger partial charge in [-0.1, -0.05) is 290 Å². The Kier molecular flexibility index (Phi) is 44.6. The summed E-state index contributed by atoms with van der Waals surface area (Å²) in [5, 5.41) is 60.5. The molecule has 0 bridgehead atoms. The Morgan fingerprint density at radius 3 is 0.549 bits per heavy atom. The molecule has 0 aliphatic heterocycles. The van der Waals surface area contributed by atoms with E-state index in [9.17, 15) is 19.8 Å². The minimum absolute atomic E-state index is 0. The molecular weight excluding hydrogens is 1360 g/mol. The van der Waals surface area contributed by atoms with Gasteiger partial charge in [-0.2, -0.15) is 43.7 Å². The number of hydrogen-bond donors (Lipinski definition) is 4. The van der Waals surface area contributed by atoms with E-state index in [1.165, 1.54) is 71.4 Å². The number of rotatable bonds is 24. The van der Waals surface area contributed by atoms with Crippen LogP contribution in [0.2, 0.25) is 0 Å². The summed E-state index contributed by atoms with van der Waals surface area (Å²) >= 11 is 0. The number of likely N-dealkylation sites (N-methyl/N-ethyl adjacent to an activating group) is 4. The molecular formula is C84H106B2Co2N4O10. The third-order valence-electron chi connectivity index (χ3n) is 16.9. The van der Waals surface area contributed by atoms with Crippen molar-refractivity contribution in [3.63, 3.8) is 0 Å². The van der Waals surface area contributed by atoms with E-state index in [1.807, 2.05) is 85.9 Å². The number of aliphatic hydroxyl groups is 4. The number of hydrogen-bond acceptors (Lipinski definition) is 12. The first-order chi connectivity index (χ1) is 47.3. The molecule has 0 saturated heterocycles. The molecule has 10 aromatic rings. The van der Waals surface area contributed by atoms with E-state index in [0.29, 0.717) is 52.4 Å². The van der Waals surface area contributed by atoms with Crippen LogP contribution < -0.4 is 53.9 Å².